The second kappa shape index (κ2) is 8.20. The number of hydrogen-bond acceptors (Lipinski definition) is 3. The molecule has 1 aromatic heterocycles. The molecule has 0 saturated carbocycles. The molecule has 0 bridgehead atoms. The lowest BCUT2D eigenvalue weighted by molar-refractivity contribution is 0.528. The number of aromatic nitrogens is 2. The van der Waals surface area contributed by atoms with E-state index in [0.29, 0.717) is 0 Å². The van der Waals surface area contributed by atoms with Gasteiger partial charge in [-0.05, 0) is 43.3 Å². The molecular weight excluding hydrogens is 388 g/mol. The van der Waals surface area contributed by atoms with Crippen LogP contribution in [0.3, 0.4) is 0 Å². The number of benzene rings is 3. The highest BCUT2D eigenvalue weighted by molar-refractivity contribution is 7.80. The van der Waals surface area contributed by atoms with Crippen molar-refractivity contribution in [3.8, 4) is 22.5 Å². The van der Waals surface area contributed by atoms with Gasteiger partial charge in [-0.25, -0.2) is 9.97 Å². The quantitative estimate of drug-likeness (QED) is 0.435. The Morgan fingerprint density at radius 1 is 0.733 bits per heavy atom. The van der Waals surface area contributed by atoms with Crippen molar-refractivity contribution in [2.45, 2.75) is 12.8 Å². The Labute approximate surface area is 181 Å². The number of anilines is 1. The summed E-state index contributed by atoms with van der Waals surface area (Å²) in [7, 11) is 0. The lowest BCUT2D eigenvalue weighted by atomic mass is 10.0. The summed E-state index contributed by atoms with van der Waals surface area (Å²) in [4.78, 5) is 12.2. The summed E-state index contributed by atoms with van der Waals surface area (Å²) in [5.41, 5.74) is 6.55. The van der Waals surface area contributed by atoms with Crippen LogP contribution in [0.25, 0.3) is 33.5 Å². The Morgan fingerprint density at radius 2 is 1.30 bits per heavy atom. The van der Waals surface area contributed by atoms with Gasteiger partial charge < -0.3 is 10.2 Å². The molecular formula is C25H22N4S. The molecule has 1 N–H and O–H groups in total. The fourth-order valence-corrected chi connectivity index (χ4v) is 4.15. The maximum Gasteiger partial charge on any atom is 0.173 e. The minimum Gasteiger partial charge on any atom is -0.349 e. The molecule has 0 spiro atoms. The van der Waals surface area contributed by atoms with Crippen molar-refractivity contribution in [2.24, 2.45) is 0 Å². The predicted octanol–water partition coefficient (Wildman–Crippen LogP) is 5.76. The van der Waals surface area contributed by atoms with Crippen LogP contribution in [0.4, 0.5) is 5.69 Å². The molecule has 1 aliphatic heterocycles. The maximum absolute atomic E-state index is 5.58. The van der Waals surface area contributed by atoms with Gasteiger partial charge in [-0.15, -0.1) is 0 Å². The van der Waals surface area contributed by atoms with Gasteiger partial charge in [0.1, 0.15) is 0 Å². The third-order valence-electron chi connectivity index (χ3n) is 5.40. The molecule has 4 nitrogen and oxygen atoms in total. The van der Waals surface area contributed by atoms with E-state index in [1.54, 1.807) is 0 Å². The Morgan fingerprint density at radius 3 is 1.90 bits per heavy atom. The summed E-state index contributed by atoms with van der Waals surface area (Å²) in [5, 5.41) is 4.15. The summed E-state index contributed by atoms with van der Waals surface area (Å²) >= 11 is 5.58. The molecule has 1 aliphatic rings. The first-order valence-electron chi connectivity index (χ1n) is 10.3. The molecule has 1 saturated heterocycles. The molecule has 0 unspecified atom stereocenters. The zero-order chi connectivity index (χ0) is 20.3. The van der Waals surface area contributed by atoms with E-state index in [1.807, 2.05) is 54.6 Å². The first-order chi connectivity index (χ1) is 14.8. The van der Waals surface area contributed by atoms with Crippen molar-refractivity contribution in [3.05, 3.63) is 78.9 Å². The highest BCUT2D eigenvalue weighted by Gasteiger charge is 2.16. The SMILES string of the molecule is S=C(Nc1ccc2nc(-c3ccccc3)c(-c3ccccc3)nc2c1)N1CCCC1. The van der Waals surface area contributed by atoms with Crippen LogP contribution in [-0.2, 0) is 0 Å². The zero-order valence-corrected chi connectivity index (χ0v) is 17.4. The average Bonchev–Trinajstić information content (AvgIpc) is 3.35. The third-order valence-corrected chi connectivity index (χ3v) is 5.76. The number of hydrogen-bond donors (Lipinski definition) is 1. The van der Waals surface area contributed by atoms with Crippen molar-refractivity contribution in [2.75, 3.05) is 18.4 Å². The normalized spacial score (nSPS) is 13.5. The van der Waals surface area contributed by atoms with Crippen molar-refractivity contribution in [1.82, 2.24) is 14.9 Å². The number of nitrogens with one attached hydrogen (secondary N) is 1. The summed E-state index contributed by atoms with van der Waals surface area (Å²) in [5.74, 6) is 0. The highest BCUT2D eigenvalue weighted by atomic mass is 32.1. The van der Waals surface area contributed by atoms with Gasteiger partial charge in [0.25, 0.3) is 0 Å². The van der Waals surface area contributed by atoms with Gasteiger partial charge >= 0.3 is 0 Å². The van der Waals surface area contributed by atoms with Gasteiger partial charge in [-0.1, -0.05) is 60.7 Å². The standard InChI is InChI=1S/C25H22N4S/c30-25(29-15-7-8-16-29)26-20-13-14-21-22(17-20)28-24(19-11-5-2-6-12-19)23(27-21)18-9-3-1-4-10-18/h1-6,9-14,17H,7-8,15-16H2,(H,26,30). The lowest BCUT2D eigenvalue weighted by Gasteiger charge is -2.19. The number of thiocarbonyl (C=S) groups is 1. The average molecular weight is 411 g/mol. The van der Waals surface area contributed by atoms with Gasteiger partial charge in [-0.2, -0.15) is 0 Å². The zero-order valence-electron chi connectivity index (χ0n) is 16.6. The molecule has 0 amide bonds. The van der Waals surface area contributed by atoms with Gasteiger partial charge in [0.05, 0.1) is 22.4 Å². The van der Waals surface area contributed by atoms with Gasteiger partial charge in [0.2, 0.25) is 0 Å². The molecule has 4 aromatic rings. The van der Waals surface area contributed by atoms with Gasteiger partial charge in [-0.3, -0.25) is 0 Å². The van der Waals surface area contributed by atoms with E-state index in [2.05, 4.69) is 34.5 Å². The number of nitrogens with zero attached hydrogens (tertiary/aromatic N) is 3. The molecule has 1 fully saturated rings. The largest absolute Gasteiger partial charge is 0.349 e. The molecule has 5 heteroatoms. The Kier molecular flexibility index (Phi) is 5.11. The molecule has 148 valence electrons. The van der Waals surface area contributed by atoms with Gasteiger partial charge in [0, 0.05) is 29.9 Å². The predicted molar refractivity (Wildman–Crippen MR) is 127 cm³/mol. The fraction of sp³-hybridized carbons (Fsp3) is 0.160. The van der Waals surface area contributed by atoms with E-state index >= 15 is 0 Å². The first kappa shape index (κ1) is 18.7. The lowest BCUT2D eigenvalue weighted by Crippen LogP contribution is -2.31. The first-order valence-corrected chi connectivity index (χ1v) is 10.7. The van der Waals surface area contributed by atoms with Crippen LogP contribution < -0.4 is 5.32 Å². The number of likely N-dealkylation sites (tertiary alicyclic amines) is 1. The van der Waals surface area contributed by atoms with Crippen LogP contribution in [0.15, 0.2) is 78.9 Å². The maximum atomic E-state index is 5.58. The third kappa shape index (κ3) is 3.76. The highest BCUT2D eigenvalue weighted by Crippen LogP contribution is 2.31. The Balaban J connectivity index is 1.58. The van der Waals surface area contributed by atoms with Crippen molar-refractivity contribution < 1.29 is 0 Å². The minimum absolute atomic E-state index is 0.781. The molecule has 0 atom stereocenters. The van der Waals surface area contributed by atoms with E-state index in [9.17, 15) is 0 Å². The fourth-order valence-electron chi connectivity index (χ4n) is 3.85. The monoisotopic (exact) mass is 410 g/mol. The van der Waals surface area contributed by atoms with Crippen molar-refractivity contribution >= 4 is 34.1 Å². The molecule has 0 aliphatic carbocycles. The van der Waals surface area contributed by atoms with E-state index in [-0.39, 0.29) is 0 Å². The molecule has 3 aromatic carbocycles. The van der Waals surface area contributed by atoms with Crippen LogP contribution in [-0.4, -0.2) is 33.1 Å². The van der Waals surface area contributed by atoms with E-state index < -0.39 is 0 Å². The van der Waals surface area contributed by atoms with Crippen LogP contribution in [0.2, 0.25) is 0 Å². The number of rotatable bonds is 3. The molecule has 2 heterocycles. The minimum atomic E-state index is 0.781. The summed E-state index contributed by atoms with van der Waals surface area (Å²) in [6.07, 6.45) is 2.40. The van der Waals surface area contributed by atoms with E-state index in [0.717, 1.165) is 57.4 Å². The summed E-state index contributed by atoms with van der Waals surface area (Å²) in [6, 6.07) is 26.5. The van der Waals surface area contributed by atoms with Gasteiger partial charge in [0.15, 0.2) is 5.11 Å². The van der Waals surface area contributed by atoms with Crippen LogP contribution in [0.1, 0.15) is 12.8 Å². The topological polar surface area (TPSA) is 41.1 Å². The Bertz CT molecular complexity index is 1190. The molecule has 5 rings (SSSR count). The van der Waals surface area contributed by atoms with Crippen LogP contribution in [0, 0.1) is 0 Å². The van der Waals surface area contributed by atoms with Crippen molar-refractivity contribution in [3.63, 3.8) is 0 Å². The summed E-state index contributed by atoms with van der Waals surface area (Å²) in [6.45, 7) is 2.05. The van der Waals surface area contributed by atoms with Crippen LogP contribution >= 0.6 is 12.2 Å². The number of fused-ring (bicyclic) bond motifs is 1. The summed E-state index contributed by atoms with van der Waals surface area (Å²) < 4.78 is 0. The van der Waals surface area contributed by atoms with E-state index in [1.165, 1.54) is 12.8 Å². The van der Waals surface area contributed by atoms with Crippen LogP contribution in [0.5, 0.6) is 0 Å². The van der Waals surface area contributed by atoms with E-state index in [4.69, 9.17) is 22.2 Å². The smallest absolute Gasteiger partial charge is 0.173 e. The molecule has 30 heavy (non-hydrogen) atoms. The molecule has 0 radical (unpaired) electrons. The van der Waals surface area contributed by atoms with Crippen molar-refractivity contribution in [1.29, 1.82) is 0 Å². The second-order valence-corrected chi connectivity index (χ2v) is 7.87. The Hall–Kier alpha value is -3.31. The second-order valence-electron chi connectivity index (χ2n) is 7.48.